The first-order valence-electron chi connectivity index (χ1n) is 13.1. The Balaban J connectivity index is 1.42. The molecule has 2 atom stereocenters. The van der Waals surface area contributed by atoms with E-state index in [1.54, 1.807) is 11.3 Å². The SMILES string of the molecule is Cc1nc(CN2C(=O)[C@]3(Cc4ccccc42)N=C(c2ccc(OCCCO)cc2)O[C@@H]3c2ccc(Br)cc2)cs1. The number of carbonyl (C=O) groups is 1. The lowest BCUT2D eigenvalue weighted by Gasteiger charge is -2.40. The number of para-hydroxylation sites is 1. The van der Waals surface area contributed by atoms with E-state index in [0.717, 1.165) is 37.6 Å². The van der Waals surface area contributed by atoms with Crippen LogP contribution in [0.3, 0.4) is 0 Å². The zero-order valence-corrected chi connectivity index (χ0v) is 24.3. The number of thiazole rings is 1. The third kappa shape index (κ3) is 5.05. The topological polar surface area (TPSA) is 84.3 Å². The number of hydrogen-bond donors (Lipinski definition) is 1. The second kappa shape index (κ2) is 11.2. The number of halogens is 1. The van der Waals surface area contributed by atoms with Gasteiger partial charge in [0, 0.05) is 40.6 Å². The highest BCUT2D eigenvalue weighted by Crippen LogP contribution is 2.48. The van der Waals surface area contributed by atoms with Crippen LogP contribution in [0.15, 0.2) is 87.6 Å². The van der Waals surface area contributed by atoms with Crippen LogP contribution in [-0.4, -0.2) is 40.6 Å². The summed E-state index contributed by atoms with van der Waals surface area (Å²) in [6.07, 6.45) is 0.369. The zero-order chi connectivity index (χ0) is 27.7. The van der Waals surface area contributed by atoms with Gasteiger partial charge in [-0.2, -0.15) is 0 Å². The van der Waals surface area contributed by atoms with Crippen molar-refractivity contribution < 1.29 is 19.4 Å². The van der Waals surface area contributed by atoms with Crippen LogP contribution in [0, 0.1) is 6.92 Å². The van der Waals surface area contributed by atoms with Crippen LogP contribution in [-0.2, 0) is 22.5 Å². The molecule has 40 heavy (non-hydrogen) atoms. The molecule has 2 aliphatic heterocycles. The van der Waals surface area contributed by atoms with Crippen LogP contribution in [0.4, 0.5) is 5.69 Å². The van der Waals surface area contributed by atoms with Gasteiger partial charge in [0.25, 0.3) is 5.91 Å². The fourth-order valence-corrected chi connectivity index (χ4v) is 6.13. The standard InChI is InChI=1S/C31H28BrN3O4S/c1-20-33-25(19-40-20)18-35-27-6-3-2-5-23(27)17-31(30(35)37)28(21-7-11-24(32)12-8-21)39-29(34-31)22-9-13-26(14-10-22)38-16-4-15-36/h2-3,5-14,19,28,36H,4,15-18H2,1H3/t28-,31-/m1/s1. The largest absolute Gasteiger partial charge is 0.494 e. The third-order valence-corrected chi connectivity index (χ3v) is 8.51. The number of aliphatic hydroxyl groups excluding tert-OH is 1. The molecule has 1 aromatic heterocycles. The number of benzene rings is 3. The fraction of sp³-hybridized carbons (Fsp3) is 0.258. The van der Waals surface area contributed by atoms with Crippen molar-refractivity contribution in [2.75, 3.05) is 18.1 Å². The smallest absolute Gasteiger partial charge is 0.260 e. The molecule has 9 heteroatoms. The van der Waals surface area contributed by atoms with Gasteiger partial charge in [0.05, 0.1) is 23.9 Å². The van der Waals surface area contributed by atoms with E-state index in [-0.39, 0.29) is 12.5 Å². The number of rotatable bonds is 8. The third-order valence-electron chi connectivity index (χ3n) is 7.15. The van der Waals surface area contributed by atoms with Gasteiger partial charge in [0.2, 0.25) is 5.90 Å². The van der Waals surface area contributed by atoms with Crippen molar-refractivity contribution in [3.8, 4) is 5.75 Å². The highest BCUT2D eigenvalue weighted by Gasteiger charge is 2.57. The maximum atomic E-state index is 14.6. The van der Waals surface area contributed by atoms with Crippen molar-refractivity contribution >= 4 is 44.8 Å². The predicted octanol–water partition coefficient (Wildman–Crippen LogP) is 6.02. The van der Waals surface area contributed by atoms with Gasteiger partial charge in [-0.1, -0.05) is 46.3 Å². The van der Waals surface area contributed by atoms with E-state index in [4.69, 9.17) is 19.6 Å². The van der Waals surface area contributed by atoms with Gasteiger partial charge in [0.1, 0.15) is 5.75 Å². The molecule has 1 spiro atoms. The lowest BCUT2D eigenvalue weighted by molar-refractivity contribution is -0.127. The van der Waals surface area contributed by atoms with E-state index in [0.29, 0.717) is 37.6 Å². The molecule has 1 amide bonds. The van der Waals surface area contributed by atoms with Crippen molar-refractivity contribution in [3.63, 3.8) is 0 Å². The first-order valence-corrected chi connectivity index (χ1v) is 14.8. The Morgan fingerprint density at radius 3 is 2.62 bits per heavy atom. The van der Waals surface area contributed by atoms with Gasteiger partial charge in [-0.15, -0.1) is 11.3 Å². The maximum Gasteiger partial charge on any atom is 0.260 e. The summed E-state index contributed by atoms with van der Waals surface area (Å²) in [5, 5.41) is 12.0. The van der Waals surface area contributed by atoms with E-state index in [1.807, 2.05) is 83.9 Å². The first-order chi connectivity index (χ1) is 19.5. The number of carbonyl (C=O) groups excluding carboxylic acids is 1. The van der Waals surface area contributed by atoms with Crippen LogP contribution in [0.1, 0.15) is 39.9 Å². The van der Waals surface area contributed by atoms with Gasteiger partial charge >= 0.3 is 0 Å². The molecule has 0 aliphatic carbocycles. The lowest BCUT2D eigenvalue weighted by Crippen LogP contribution is -2.55. The molecule has 204 valence electrons. The number of aromatic nitrogens is 1. The molecule has 4 aromatic rings. The van der Waals surface area contributed by atoms with Crippen LogP contribution in [0.25, 0.3) is 0 Å². The van der Waals surface area contributed by atoms with Crippen LogP contribution < -0.4 is 9.64 Å². The number of aliphatic imine (C=N–C) groups is 1. The molecule has 6 rings (SSSR count). The van der Waals surface area contributed by atoms with Crippen LogP contribution in [0.5, 0.6) is 5.75 Å². The van der Waals surface area contributed by atoms with Crippen molar-refractivity contribution in [3.05, 3.63) is 110 Å². The summed E-state index contributed by atoms with van der Waals surface area (Å²) in [4.78, 5) is 26.2. The Hall–Kier alpha value is -3.53. The lowest BCUT2D eigenvalue weighted by atomic mass is 9.78. The number of fused-ring (bicyclic) bond motifs is 1. The molecule has 3 aromatic carbocycles. The number of aryl methyl sites for hydroxylation is 1. The normalized spacial score (nSPS) is 19.9. The van der Waals surface area contributed by atoms with Crippen LogP contribution >= 0.6 is 27.3 Å². The fourth-order valence-electron chi connectivity index (χ4n) is 5.26. The second-order valence-corrected chi connectivity index (χ2v) is 11.9. The minimum Gasteiger partial charge on any atom is -0.494 e. The number of nitrogens with zero attached hydrogens (tertiary/aromatic N) is 3. The number of ether oxygens (including phenoxy) is 2. The van der Waals surface area contributed by atoms with Crippen LogP contribution in [0.2, 0.25) is 0 Å². The van der Waals surface area contributed by atoms with Gasteiger partial charge in [0.15, 0.2) is 11.6 Å². The van der Waals surface area contributed by atoms with Gasteiger partial charge in [-0.25, -0.2) is 9.98 Å². The Morgan fingerprint density at radius 1 is 1.12 bits per heavy atom. The van der Waals surface area contributed by atoms with E-state index in [9.17, 15) is 4.79 Å². The quantitative estimate of drug-likeness (QED) is 0.244. The van der Waals surface area contributed by atoms with Gasteiger partial charge < -0.3 is 19.5 Å². The average molecular weight is 619 g/mol. The Morgan fingerprint density at radius 2 is 1.90 bits per heavy atom. The molecule has 0 radical (unpaired) electrons. The summed E-state index contributed by atoms with van der Waals surface area (Å²) in [5.41, 5.74) is 3.23. The molecule has 3 heterocycles. The van der Waals surface area contributed by atoms with E-state index in [1.165, 1.54) is 0 Å². The van der Waals surface area contributed by atoms with Crippen molar-refractivity contribution in [2.24, 2.45) is 4.99 Å². The zero-order valence-electron chi connectivity index (χ0n) is 21.9. The molecule has 0 saturated heterocycles. The summed E-state index contributed by atoms with van der Waals surface area (Å²) in [7, 11) is 0. The molecule has 1 N–H and O–H groups in total. The number of hydrogen-bond acceptors (Lipinski definition) is 7. The summed E-state index contributed by atoms with van der Waals surface area (Å²) in [5.74, 6) is 1.01. The van der Waals surface area contributed by atoms with Crippen molar-refractivity contribution in [1.29, 1.82) is 0 Å². The summed E-state index contributed by atoms with van der Waals surface area (Å²) < 4.78 is 13.2. The number of anilines is 1. The monoisotopic (exact) mass is 617 g/mol. The Bertz CT molecular complexity index is 1550. The van der Waals surface area contributed by atoms with Crippen molar-refractivity contribution in [2.45, 2.75) is 38.0 Å². The maximum absolute atomic E-state index is 14.6. The molecular formula is C31H28BrN3O4S. The summed E-state index contributed by atoms with van der Waals surface area (Å²) >= 11 is 5.10. The Kier molecular flexibility index (Phi) is 7.44. The molecule has 0 fully saturated rings. The number of aliphatic hydroxyl groups is 1. The minimum absolute atomic E-state index is 0.0819. The molecule has 0 saturated carbocycles. The molecular weight excluding hydrogens is 590 g/mol. The number of amides is 1. The molecule has 0 unspecified atom stereocenters. The van der Waals surface area contributed by atoms with E-state index in [2.05, 4.69) is 27.0 Å². The Labute approximate surface area is 245 Å². The van der Waals surface area contributed by atoms with E-state index < -0.39 is 11.6 Å². The highest BCUT2D eigenvalue weighted by atomic mass is 79.9. The molecule has 2 aliphatic rings. The summed E-state index contributed by atoms with van der Waals surface area (Å²) in [6, 6.07) is 23.4. The minimum atomic E-state index is -1.18. The molecule has 7 nitrogen and oxygen atoms in total. The first kappa shape index (κ1) is 26.7. The average Bonchev–Trinajstić information content (AvgIpc) is 3.56. The van der Waals surface area contributed by atoms with Gasteiger partial charge in [-0.3, -0.25) is 4.79 Å². The predicted molar refractivity (Wildman–Crippen MR) is 159 cm³/mol. The summed E-state index contributed by atoms with van der Waals surface area (Å²) in [6.45, 7) is 2.85. The second-order valence-electron chi connectivity index (χ2n) is 9.90. The van der Waals surface area contributed by atoms with E-state index >= 15 is 0 Å². The highest BCUT2D eigenvalue weighted by molar-refractivity contribution is 9.10. The molecule has 0 bridgehead atoms. The van der Waals surface area contributed by atoms with Crippen molar-refractivity contribution in [1.82, 2.24) is 4.98 Å². The van der Waals surface area contributed by atoms with Gasteiger partial charge in [-0.05, 0) is 60.5 Å².